The lowest BCUT2D eigenvalue weighted by atomic mass is 9.95. The van der Waals surface area contributed by atoms with Gasteiger partial charge in [0.2, 0.25) is 0 Å². The molecule has 3 rings (SSSR count). The molecule has 0 saturated carbocycles. The third kappa shape index (κ3) is 4.39. The van der Waals surface area contributed by atoms with Gasteiger partial charge >= 0.3 is 5.97 Å². The number of nitrogens with one attached hydrogen (secondary N) is 1. The van der Waals surface area contributed by atoms with Gasteiger partial charge in [-0.15, -0.1) is 11.3 Å². The number of Topliss-reactive ketones (excluding diaryl/α,β-unsaturated/α-hetero) is 1. The van der Waals surface area contributed by atoms with E-state index >= 15 is 0 Å². The van der Waals surface area contributed by atoms with E-state index < -0.39 is 11.9 Å². The quantitative estimate of drug-likeness (QED) is 0.339. The number of amides is 1. The summed E-state index contributed by atoms with van der Waals surface area (Å²) in [5.74, 6) is -1.27. The van der Waals surface area contributed by atoms with Crippen molar-refractivity contribution < 1.29 is 19.1 Å². The smallest absolute Gasteiger partial charge is 0.341 e. The minimum absolute atomic E-state index is 0.0485. The van der Waals surface area contributed by atoms with Gasteiger partial charge in [-0.2, -0.15) is 0 Å². The Morgan fingerprint density at radius 1 is 1.14 bits per heavy atom. The highest BCUT2D eigenvalue weighted by molar-refractivity contribution is 7.17. The first-order valence-electron chi connectivity index (χ1n) is 9.42. The van der Waals surface area contributed by atoms with Crippen LogP contribution in [0.15, 0.2) is 35.9 Å². The lowest BCUT2D eigenvalue weighted by molar-refractivity contribution is -0.118. The number of anilines is 1. The second-order valence-electron chi connectivity index (χ2n) is 6.61. The molecule has 0 unspecified atom stereocenters. The SMILES string of the molecule is CCOC(=O)c1c(NC(=O)/C(=C/c2ccccc2)C(C)=O)sc2c1CCCC2. The Labute approximate surface area is 168 Å². The van der Waals surface area contributed by atoms with Crippen molar-refractivity contribution in [2.75, 3.05) is 11.9 Å². The summed E-state index contributed by atoms with van der Waals surface area (Å²) >= 11 is 1.41. The van der Waals surface area contributed by atoms with Gasteiger partial charge in [-0.25, -0.2) is 4.79 Å². The zero-order chi connectivity index (χ0) is 20.1. The number of fused-ring (bicyclic) bond motifs is 1. The predicted molar refractivity (Wildman–Crippen MR) is 111 cm³/mol. The maximum absolute atomic E-state index is 12.9. The monoisotopic (exact) mass is 397 g/mol. The number of thiophene rings is 1. The van der Waals surface area contributed by atoms with Crippen LogP contribution in [-0.2, 0) is 27.2 Å². The molecule has 2 aromatic rings. The number of aryl methyl sites for hydroxylation is 1. The van der Waals surface area contributed by atoms with Gasteiger partial charge in [0.25, 0.3) is 5.91 Å². The number of rotatable bonds is 6. The second kappa shape index (κ2) is 8.97. The first-order chi connectivity index (χ1) is 13.5. The number of esters is 1. The van der Waals surface area contributed by atoms with Crippen LogP contribution in [0.1, 0.15) is 53.1 Å². The lowest BCUT2D eigenvalue weighted by Crippen LogP contribution is -2.20. The highest BCUT2D eigenvalue weighted by Gasteiger charge is 2.28. The maximum Gasteiger partial charge on any atom is 0.341 e. The molecule has 28 heavy (non-hydrogen) atoms. The summed E-state index contributed by atoms with van der Waals surface area (Å²) in [4.78, 5) is 38.6. The Morgan fingerprint density at radius 2 is 1.86 bits per heavy atom. The summed E-state index contributed by atoms with van der Waals surface area (Å²) in [6, 6.07) is 9.20. The summed E-state index contributed by atoms with van der Waals surface area (Å²) in [6.45, 7) is 3.38. The number of carbonyl (C=O) groups is 3. The molecule has 1 amide bonds. The van der Waals surface area contributed by atoms with E-state index in [4.69, 9.17) is 4.74 Å². The molecule has 0 aliphatic heterocycles. The normalized spacial score (nSPS) is 13.6. The fourth-order valence-corrected chi connectivity index (χ4v) is 4.56. The highest BCUT2D eigenvalue weighted by Crippen LogP contribution is 2.38. The molecule has 1 aromatic heterocycles. The summed E-state index contributed by atoms with van der Waals surface area (Å²) < 4.78 is 5.21. The van der Waals surface area contributed by atoms with Crippen molar-refractivity contribution in [1.29, 1.82) is 0 Å². The summed E-state index contributed by atoms with van der Waals surface area (Å²) in [6.07, 6.45) is 5.33. The number of ketones is 1. The van der Waals surface area contributed by atoms with E-state index in [1.165, 1.54) is 18.3 Å². The van der Waals surface area contributed by atoms with Crippen molar-refractivity contribution in [2.24, 2.45) is 0 Å². The fraction of sp³-hybridized carbons (Fsp3) is 0.318. The Hall–Kier alpha value is -2.73. The van der Waals surface area contributed by atoms with E-state index in [0.29, 0.717) is 10.6 Å². The molecule has 1 aliphatic carbocycles. The molecular formula is C22H23NO4S. The van der Waals surface area contributed by atoms with E-state index in [9.17, 15) is 14.4 Å². The molecule has 0 atom stereocenters. The Kier molecular flexibility index (Phi) is 6.41. The van der Waals surface area contributed by atoms with Crippen molar-refractivity contribution in [3.63, 3.8) is 0 Å². The van der Waals surface area contributed by atoms with Crippen LogP contribution in [0, 0.1) is 0 Å². The first-order valence-corrected chi connectivity index (χ1v) is 10.2. The van der Waals surface area contributed by atoms with Gasteiger partial charge in [0, 0.05) is 4.88 Å². The summed E-state index contributed by atoms with van der Waals surface area (Å²) in [5, 5.41) is 3.27. The number of benzene rings is 1. The van der Waals surface area contributed by atoms with E-state index in [0.717, 1.165) is 41.7 Å². The highest BCUT2D eigenvalue weighted by atomic mass is 32.1. The molecule has 1 heterocycles. The van der Waals surface area contributed by atoms with E-state index in [1.54, 1.807) is 13.0 Å². The van der Waals surface area contributed by atoms with Gasteiger partial charge in [-0.3, -0.25) is 9.59 Å². The van der Waals surface area contributed by atoms with Gasteiger partial charge in [0.1, 0.15) is 5.00 Å². The first kappa shape index (κ1) is 20.0. The number of hydrogen-bond acceptors (Lipinski definition) is 5. The van der Waals surface area contributed by atoms with Crippen molar-refractivity contribution in [2.45, 2.75) is 39.5 Å². The van der Waals surface area contributed by atoms with Crippen LogP contribution in [0.2, 0.25) is 0 Å². The summed E-state index contributed by atoms with van der Waals surface area (Å²) in [7, 11) is 0. The van der Waals surface area contributed by atoms with E-state index in [-0.39, 0.29) is 18.0 Å². The molecule has 1 aromatic carbocycles. The van der Waals surface area contributed by atoms with Crippen LogP contribution < -0.4 is 5.32 Å². The van der Waals surface area contributed by atoms with Crippen molar-refractivity contribution in [3.8, 4) is 0 Å². The van der Waals surface area contributed by atoms with Crippen LogP contribution >= 0.6 is 11.3 Å². The van der Waals surface area contributed by atoms with Gasteiger partial charge in [-0.1, -0.05) is 30.3 Å². The molecule has 1 N–H and O–H groups in total. The molecule has 0 radical (unpaired) electrons. The Bertz CT molecular complexity index is 928. The Balaban J connectivity index is 1.94. The third-order valence-corrected chi connectivity index (χ3v) is 5.82. The van der Waals surface area contributed by atoms with Crippen LogP contribution in [0.5, 0.6) is 0 Å². The molecule has 0 bridgehead atoms. The maximum atomic E-state index is 12.9. The molecule has 0 saturated heterocycles. The average Bonchev–Trinajstić information content (AvgIpc) is 3.04. The lowest BCUT2D eigenvalue weighted by Gasteiger charge is -2.12. The topological polar surface area (TPSA) is 72.5 Å². The predicted octanol–water partition coefficient (Wildman–Crippen LogP) is 4.41. The van der Waals surface area contributed by atoms with Crippen LogP contribution in [0.4, 0.5) is 5.00 Å². The minimum Gasteiger partial charge on any atom is -0.462 e. The zero-order valence-corrected chi connectivity index (χ0v) is 16.9. The number of ether oxygens (including phenoxy) is 1. The molecule has 6 heteroatoms. The van der Waals surface area contributed by atoms with Crippen LogP contribution in [0.3, 0.4) is 0 Å². The largest absolute Gasteiger partial charge is 0.462 e. The van der Waals surface area contributed by atoms with E-state index in [1.807, 2.05) is 30.3 Å². The molecule has 5 nitrogen and oxygen atoms in total. The second-order valence-corrected chi connectivity index (χ2v) is 7.72. The zero-order valence-electron chi connectivity index (χ0n) is 16.0. The third-order valence-electron chi connectivity index (χ3n) is 4.61. The standard InChI is InChI=1S/C22H23NO4S/c1-3-27-22(26)19-16-11-7-8-12-18(16)28-21(19)23-20(25)17(14(2)24)13-15-9-5-4-6-10-15/h4-6,9-10,13H,3,7-8,11-12H2,1-2H3,(H,23,25)/b17-13+. The van der Waals surface area contributed by atoms with Crippen LogP contribution in [-0.4, -0.2) is 24.3 Å². The number of carbonyl (C=O) groups excluding carboxylic acids is 3. The van der Waals surface area contributed by atoms with Crippen molar-refractivity contribution >= 4 is 40.1 Å². The fourth-order valence-electron chi connectivity index (χ4n) is 3.29. The minimum atomic E-state index is -0.513. The molecule has 146 valence electrons. The van der Waals surface area contributed by atoms with Gasteiger partial charge in [0.05, 0.1) is 17.7 Å². The summed E-state index contributed by atoms with van der Waals surface area (Å²) in [5.41, 5.74) is 2.23. The van der Waals surface area contributed by atoms with Crippen LogP contribution in [0.25, 0.3) is 6.08 Å². The number of hydrogen-bond donors (Lipinski definition) is 1. The molecule has 0 spiro atoms. The van der Waals surface area contributed by atoms with E-state index in [2.05, 4.69) is 5.32 Å². The molecule has 1 aliphatic rings. The average molecular weight is 397 g/mol. The molecular weight excluding hydrogens is 374 g/mol. The van der Waals surface area contributed by atoms with Gasteiger partial charge in [0.15, 0.2) is 5.78 Å². The van der Waals surface area contributed by atoms with Crippen molar-refractivity contribution in [3.05, 3.63) is 57.5 Å². The Morgan fingerprint density at radius 3 is 2.54 bits per heavy atom. The van der Waals surface area contributed by atoms with Gasteiger partial charge < -0.3 is 10.1 Å². The van der Waals surface area contributed by atoms with Gasteiger partial charge in [-0.05, 0) is 56.7 Å². The van der Waals surface area contributed by atoms with Crippen molar-refractivity contribution in [1.82, 2.24) is 0 Å². The molecule has 0 fully saturated rings.